The summed E-state index contributed by atoms with van der Waals surface area (Å²) in [5, 5.41) is 20.9. The van der Waals surface area contributed by atoms with Gasteiger partial charge in [-0.05, 0) is 42.3 Å². The Morgan fingerprint density at radius 1 is 1.31 bits per heavy atom. The van der Waals surface area contributed by atoms with Gasteiger partial charge in [0.1, 0.15) is 11.6 Å². The minimum absolute atomic E-state index is 0.117. The Kier molecular flexibility index (Phi) is 7.39. The molecule has 0 unspecified atom stereocenters. The summed E-state index contributed by atoms with van der Waals surface area (Å²) < 4.78 is 0. The largest absolute Gasteiger partial charge is 0.395 e. The fraction of sp³-hybridized carbons (Fsp3) is 0.300. The van der Waals surface area contributed by atoms with E-state index in [2.05, 4.69) is 5.32 Å². The number of aliphatic hydroxyl groups is 1. The van der Waals surface area contributed by atoms with Crippen LogP contribution < -0.4 is 10.2 Å². The maximum atomic E-state index is 11.9. The molecule has 136 valence electrons. The van der Waals surface area contributed by atoms with E-state index in [0.717, 1.165) is 27.4 Å². The molecular formula is C20H23N3O2S. The van der Waals surface area contributed by atoms with Crippen LogP contribution in [0.15, 0.2) is 42.0 Å². The van der Waals surface area contributed by atoms with E-state index < -0.39 is 0 Å². The molecule has 26 heavy (non-hydrogen) atoms. The second-order valence-corrected chi connectivity index (χ2v) is 6.94. The number of nitrogens with zero attached hydrogens (tertiary/aromatic N) is 2. The Morgan fingerprint density at radius 2 is 2.04 bits per heavy atom. The van der Waals surface area contributed by atoms with Gasteiger partial charge in [0.15, 0.2) is 0 Å². The fourth-order valence-corrected chi connectivity index (χ4v) is 3.33. The number of benzene rings is 1. The van der Waals surface area contributed by atoms with Crippen molar-refractivity contribution in [1.82, 2.24) is 5.32 Å². The lowest BCUT2D eigenvalue weighted by atomic mass is 10.1. The summed E-state index contributed by atoms with van der Waals surface area (Å²) in [7, 11) is 1.94. The van der Waals surface area contributed by atoms with Crippen molar-refractivity contribution >= 4 is 29.0 Å². The van der Waals surface area contributed by atoms with Gasteiger partial charge in [0, 0.05) is 35.6 Å². The molecule has 0 aliphatic carbocycles. The van der Waals surface area contributed by atoms with Gasteiger partial charge in [-0.25, -0.2) is 0 Å². The number of aliphatic hydroxyl groups excluding tert-OH is 1. The monoisotopic (exact) mass is 369 g/mol. The number of hydrogen-bond donors (Lipinski definition) is 2. The number of thiophene rings is 1. The quantitative estimate of drug-likeness (QED) is 0.553. The molecule has 0 aliphatic rings. The number of anilines is 1. The van der Waals surface area contributed by atoms with Crippen LogP contribution in [-0.2, 0) is 4.79 Å². The summed E-state index contributed by atoms with van der Waals surface area (Å²) in [6, 6.07) is 14.0. The molecule has 2 aromatic rings. The van der Waals surface area contributed by atoms with Gasteiger partial charge >= 0.3 is 0 Å². The lowest BCUT2D eigenvalue weighted by Crippen LogP contribution is -2.24. The van der Waals surface area contributed by atoms with Crippen molar-refractivity contribution in [3.8, 4) is 16.5 Å². The van der Waals surface area contributed by atoms with E-state index in [1.807, 2.05) is 61.3 Å². The van der Waals surface area contributed by atoms with Crippen molar-refractivity contribution in [3.63, 3.8) is 0 Å². The molecule has 0 radical (unpaired) electrons. The molecule has 5 nitrogen and oxygen atoms in total. The van der Waals surface area contributed by atoms with Crippen LogP contribution in [0.4, 0.5) is 5.69 Å². The first kappa shape index (κ1) is 19.7. The van der Waals surface area contributed by atoms with Gasteiger partial charge in [0.05, 0.1) is 6.61 Å². The van der Waals surface area contributed by atoms with Crippen molar-refractivity contribution in [2.75, 3.05) is 31.6 Å². The zero-order chi connectivity index (χ0) is 18.9. The standard InChI is InChI=1S/C20H23N3O2S/c1-3-10-22-20(25)16(14-21)13-18-8-9-19(26-18)15-4-6-17(7-5-15)23(2)11-12-24/h4-9,13,24H,3,10-12H2,1-2H3,(H,22,25)/b16-13+. The van der Waals surface area contributed by atoms with Gasteiger partial charge in [-0.2, -0.15) is 5.26 Å². The minimum atomic E-state index is -0.333. The molecule has 0 fully saturated rings. The van der Waals surface area contributed by atoms with Gasteiger partial charge in [-0.3, -0.25) is 4.79 Å². The topological polar surface area (TPSA) is 76.4 Å². The summed E-state index contributed by atoms with van der Waals surface area (Å²) in [5.74, 6) is -0.333. The zero-order valence-corrected chi connectivity index (χ0v) is 15.8. The van der Waals surface area contributed by atoms with Crippen molar-refractivity contribution in [3.05, 3.63) is 46.8 Å². The fourth-order valence-electron chi connectivity index (χ4n) is 2.37. The molecule has 2 N–H and O–H groups in total. The summed E-state index contributed by atoms with van der Waals surface area (Å²) >= 11 is 1.53. The SMILES string of the molecule is CCCNC(=O)/C(C#N)=C/c1ccc(-c2ccc(N(C)CCO)cc2)s1. The Balaban J connectivity index is 2.15. The minimum Gasteiger partial charge on any atom is -0.395 e. The molecule has 0 saturated heterocycles. The molecule has 0 aliphatic heterocycles. The van der Waals surface area contributed by atoms with Crippen LogP contribution in [0, 0.1) is 11.3 Å². The van der Waals surface area contributed by atoms with E-state index in [1.54, 1.807) is 6.08 Å². The lowest BCUT2D eigenvalue weighted by Gasteiger charge is -2.17. The highest BCUT2D eigenvalue weighted by Crippen LogP contribution is 2.30. The van der Waals surface area contributed by atoms with Crippen LogP contribution in [0.1, 0.15) is 18.2 Å². The molecule has 1 aromatic carbocycles. The Labute approximate surface area is 158 Å². The third-order valence-electron chi connectivity index (χ3n) is 3.84. The molecule has 0 bridgehead atoms. The lowest BCUT2D eigenvalue weighted by molar-refractivity contribution is -0.117. The normalized spacial score (nSPS) is 11.1. The number of hydrogen-bond acceptors (Lipinski definition) is 5. The highest BCUT2D eigenvalue weighted by molar-refractivity contribution is 7.16. The maximum absolute atomic E-state index is 11.9. The maximum Gasteiger partial charge on any atom is 0.261 e. The van der Waals surface area contributed by atoms with Crippen molar-refractivity contribution in [1.29, 1.82) is 5.26 Å². The third-order valence-corrected chi connectivity index (χ3v) is 4.92. The Hall–Kier alpha value is -2.62. The number of nitriles is 1. The molecule has 2 rings (SSSR count). The van der Waals surface area contributed by atoms with E-state index in [-0.39, 0.29) is 18.1 Å². The van der Waals surface area contributed by atoms with Crippen LogP contribution >= 0.6 is 11.3 Å². The molecular weight excluding hydrogens is 346 g/mol. The van der Waals surface area contributed by atoms with Crippen LogP contribution in [0.25, 0.3) is 16.5 Å². The van der Waals surface area contributed by atoms with E-state index in [4.69, 9.17) is 5.11 Å². The predicted molar refractivity (Wildman–Crippen MR) is 107 cm³/mol. The van der Waals surface area contributed by atoms with E-state index in [9.17, 15) is 10.1 Å². The van der Waals surface area contributed by atoms with Crippen LogP contribution in [0.2, 0.25) is 0 Å². The Bertz CT molecular complexity index is 803. The number of amides is 1. The molecule has 0 saturated carbocycles. The first-order valence-corrected chi connectivity index (χ1v) is 9.33. The first-order chi connectivity index (χ1) is 12.6. The second kappa shape index (κ2) is 9.76. The number of carbonyl (C=O) groups is 1. The molecule has 0 spiro atoms. The van der Waals surface area contributed by atoms with Crippen molar-refractivity contribution in [2.45, 2.75) is 13.3 Å². The van der Waals surface area contributed by atoms with Crippen LogP contribution in [-0.4, -0.2) is 37.8 Å². The number of rotatable bonds is 8. The smallest absolute Gasteiger partial charge is 0.261 e. The number of carbonyl (C=O) groups excluding carboxylic acids is 1. The molecule has 1 aromatic heterocycles. The summed E-state index contributed by atoms with van der Waals surface area (Å²) in [5.41, 5.74) is 2.23. The van der Waals surface area contributed by atoms with Gasteiger partial charge in [-0.15, -0.1) is 11.3 Å². The highest BCUT2D eigenvalue weighted by Gasteiger charge is 2.09. The van der Waals surface area contributed by atoms with Gasteiger partial charge in [0.2, 0.25) is 0 Å². The van der Waals surface area contributed by atoms with Gasteiger partial charge in [-0.1, -0.05) is 19.1 Å². The average molecular weight is 369 g/mol. The van der Waals surface area contributed by atoms with Crippen LogP contribution in [0.3, 0.4) is 0 Å². The van der Waals surface area contributed by atoms with E-state index in [1.165, 1.54) is 11.3 Å². The first-order valence-electron chi connectivity index (χ1n) is 8.51. The van der Waals surface area contributed by atoms with E-state index >= 15 is 0 Å². The predicted octanol–water partition coefficient (Wildman–Crippen LogP) is 3.28. The van der Waals surface area contributed by atoms with Crippen molar-refractivity contribution < 1.29 is 9.90 Å². The summed E-state index contributed by atoms with van der Waals surface area (Å²) in [6.07, 6.45) is 2.46. The average Bonchev–Trinajstić information content (AvgIpc) is 3.13. The van der Waals surface area contributed by atoms with Crippen LogP contribution in [0.5, 0.6) is 0 Å². The number of nitrogens with one attached hydrogen (secondary N) is 1. The zero-order valence-electron chi connectivity index (χ0n) is 15.0. The van der Waals surface area contributed by atoms with Crippen molar-refractivity contribution in [2.24, 2.45) is 0 Å². The molecule has 0 atom stereocenters. The molecule has 1 heterocycles. The summed E-state index contributed by atoms with van der Waals surface area (Å²) in [6.45, 7) is 3.23. The third kappa shape index (κ3) is 5.19. The molecule has 1 amide bonds. The van der Waals surface area contributed by atoms with E-state index in [0.29, 0.717) is 13.1 Å². The molecule has 6 heteroatoms. The highest BCUT2D eigenvalue weighted by atomic mass is 32.1. The summed E-state index contributed by atoms with van der Waals surface area (Å²) in [4.78, 5) is 15.9. The van der Waals surface area contributed by atoms with Gasteiger partial charge < -0.3 is 15.3 Å². The number of likely N-dealkylation sites (N-methyl/N-ethyl adjacent to an activating group) is 1. The second-order valence-electron chi connectivity index (χ2n) is 5.82. The Morgan fingerprint density at radius 3 is 2.65 bits per heavy atom. The van der Waals surface area contributed by atoms with Gasteiger partial charge in [0.25, 0.3) is 5.91 Å².